The quantitative estimate of drug-likeness (QED) is 0.434. The molecular formula is C28H33N3O4S. The van der Waals surface area contributed by atoms with Crippen molar-refractivity contribution in [3.8, 4) is 0 Å². The lowest BCUT2D eigenvalue weighted by Gasteiger charge is -2.26. The van der Waals surface area contributed by atoms with Gasteiger partial charge in [-0.1, -0.05) is 61.4 Å². The fourth-order valence-electron chi connectivity index (χ4n) is 3.72. The number of benzene rings is 3. The van der Waals surface area contributed by atoms with Crippen LogP contribution in [0, 0.1) is 26.7 Å². The summed E-state index contributed by atoms with van der Waals surface area (Å²) in [5.41, 5.74) is 3.68. The van der Waals surface area contributed by atoms with Gasteiger partial charge in [-0.25, -0.2) is 8.42 Å². The lowest BCUT2D eigenvalue weighted by atomic mass is 10.1. The summed E-state index contributed by atoms with van der Waals surface area (Å²) in [5, 5.41) is 5.58. The normalized spacial score (nSPS) is 11.3. The third-order valence-electron chi connectivity index (χ3n) is 5.63. The fraction of sp³-hybridized carbons (Fsp3) is 0.286. The predicted octanol–water partition coefficient (Wildman–Crippen LogP) is 4.83. The second-order valence-electron chi connectivity index (χ2n) is 9.31. The third kappa shape index (κ3) is 6.51. The molecule has 8 heteroatoms. The van der Waals surface area contributed by atoms with Crippen molar-refractivity contribution in [2.75, 3.05) is 22.7 Å². The van der Waals surface area contributed by atoms with Gasteiger partial charge in [0.2, 0.25) is 5.91 Å². The number of anilines is 2. The Labute approximate surface area is 213 Å². The van der Waals surface area contributed by atoms with Crippen molar-refractivity contribution in [1.82, 2.24) is 5.32 Å². The van der Waals surface area contributed by atoms with Gasteiger partial charge in [0.05, 0.1) is 21.8 Å². The lowest BCUT2D eigenvalue weighted by molar-refractivity contribution is -0.114. The van der Waals surface area contributed by atoms with E-state index in [9.17, 15) is 18.0 Å². The summed E-state index contributed by atoms with van der Waals surface area (Å²) >= 11 is 0. The SMILES string of the molecule is Cc1ccc(S(=O)(=O)N(CC(=O)Nc2ccccc2C(=O)NCC(C)C)c2ccc(C)cc2C)cc1. The summed E-state index contributed by atoms with van der Waals surface area (Å²) in [6, 6.07) is 18.6. The molecule has 0 fully saturated rings. The predicted molar refractivity (Wildman–Crippen MR) is 144 cm³/mol. The van der Waals surface area contributed by atoms with E-state index in [0.29, 0.717) is 23.5 Å². The number of carbonyl (C=O) groups excluding carboxylic acids is 2. The van der Waals surface area contributed by atoms with Gasteiger partial charge in [0.15, 0.2) is 0 Å². The minimum atomic E-state index is -4.04. The molecular weight excluding hydrogens is 474 g/mol. The van der Waals surface area contributed by atoms with Crippen LogP contribution in [-0.2, 0) is 14.8 Å². The number of amides is 2. The molecule has 0 aliphatic rings. The van der Waals surface area contributed by atoms with Crippen molar-refractivity contribution < 1.29 is 18.0 Å². The first-order valence-electron chi connectivity index (χ1n) is 11.8. The van der Waals surface area contributed by atoms with E-state index in [1.54, 1.807) is 42.5 Å². The number of carbonyl (C=O) groups is 2. The van der Waals surface area contributed by atoms with Crippen LogP contribution in [-0.4, -0.2) is 33.3 Å². The lowest BCUT2D eigenvalue weighted by Crippen LogP contribution is -2.39. The smallest absolute Gasteiger partial charge is 0.264 e. The molecule has 0 saturated heterocycles. The van der Waals surface area contributed by atoms with Gasteiger partial charge in [-0.3, -0.25) is 13.9 Å². The molecule has 0 aliphatic heterocycles. The molecule has 190 valence electrons. The second-order valence-corrected chi connectivity index (χ2v) is 11.2. The maximum Gasteiger partial charge on any atom is 0.264 e. The van der Waals surface area contributed by atoms with E-state index in [1.807, 2.05) is 46.8 Å². The van der Waals surface area contributed by atoms with Crippen LogP contribution < -0.4 is 14.9 Å². The highest BCUT2D eigenvalue weighted by Gasteiger charge is 2.28. The molecule has 36 heavy (non-hydrogen) atoms. The number of nitrogens with zero attached hydrogens (tertiary/aromatic N) is 1. The van der Waals surface area contributed by atoms with Gasteiger partial charge in [0.25, 0.3) is 15.9 Å². The monoisotopic (exact) mass is 507 g/mol. The molecule has 0 radical (unpaired) electrons. The number of hydrogen-bond acceptors (Lipinski definition) is 4. The average Bonchev–Trinajstić information content (AvgIpc) is 2.82. The van der Waals surface area contributed by atoms with Crippen molar-refractivity contribution in [2.24, 2.45) is 5.92 Å². The molecule has 0 aromatic heterocycles. The first-order valence-corrected chi connectivity index (χ1v) is 13.3. The van der Waals surface area contributed by atoms with Crippen LogP contribution in [0.1, 0.15) is 40.9 Å². The number of sulfonamides is 1. The van der Waals surface area contributed by atoms with Crippen LogP contribution in [0.2, 0.25) is 0 Å². The summed E-state index contributed by atoms with van der Waals surface area (Å²) in [7, 11) is -4.04. The summed E-state index contributed by atoms with van der Waals surface area (Å²) < 4.78 is 28.5. The Kier molecular flexibility index (Phi) is 8.53. The fourth-order valence-corrected chi connectivity index (χ4v) is 5.21. The van der Waals surface area contributed by atoms with Crippen molar-refractivity contribution in [1.29, 1.82) is 0 Å². The molecule has 0 heterocycles. The highest BCUT2D eigenvalue weighted by Crippen LogP contribution is 2.28. The van der Waals surface area contributed by atoms with E-state index in [4.69, 9.17) is 0 Å². The minimum absolute atomic E-state index is 0.0920. The van der Waals surface area contributed by atoms with Crippen LogP contribution in [0.25, 0.3) is 0 Å². The Morgan fingerprint density at radius 2 is 1.53 bits per heavy atom. The Hall–Kier alpha value is -3.65. The molecule has 3 aromatic carbocycles. The second kappa shape index (κ2) is 11.4. The van der Waals surface area contributed by atoms with E-state index in [2.05, 4.69) is 10.6 Å². The van der Waals surface area contributed by atoms with E-state index in [0.717, 1.165) is 21.0 Å². The summed E-state index contributed by atoms with van der Waals surface area (Å²) in [6.45, 7) is 9.63. The molecule has 0 atom stereocenters. The van der Waals surface area contributed by atoms with Crippen LogP contribution in [0.3, 0.4) is 0 Å². The molecule has 2 amide bonds. The first-order chi connectivity index (χ1) is 17.0. The largest absolute Gasteiger partial charge is 0.352 e. The van der Waals surface area contributed by atoms with Crippen LogP contribution >= 0.6 is 0 Å². The molecule has 2 N–H and O–H groups in total. The number of para-hydroxylation sites is 1. The Balaban J connectivity index is 1.94. The molecule has 3 aromatic rings. The average molecular weight is 508 g/mol. The van der Waals surface area contributed by atoms with Crippen molar-refractivity contribution >= 4 is 33.2 Å². The Morgan fingerprint density at radius 3 is 2.17 bits per heavy atom. The zero-order valence-corrected chi connectivity index (χ0v) is 22.1. The highest BCUT2D eigenvalue weighted by molar-refractivity contribution is 7.92. The van der Waals surface area contributed by atoms with Gasteiger partial charge in [-0.15, -0.1) is 0 Å². The molecule has 0 saturated carbocycles. The number of hydrogen-bond donors (Lipinski definition) is 2. The van der Waals surface area contributed by atoms with E-state index < -0.39 is 22.5 Å². The molecule has 7 nitrogen and oxygen atoms in total. The van der Waals surface area contributed by atoms with Gasteiger partial charge in [0, 0.05) is 6.54 Å². The van der Waals surface area contributed by atoms with Crippen LogP contribution in [0.15, 0.2) is 71.6 Å². The molecule has 0 unspecified atom stereocenters. The minimum Gasteiger partial charge on any atom is -0.352 e. The van der Waals surface area contributed by atoms with Crippen molar-refractivity contribution in [3.05, 3.63) is 89.0 Å². The first kappa shape index (κ1) is 26.9. The Morgan fingerprint density at radius 1 is 0.889 bits per heavy atom. The highest BCUT2D eigenvalue weighted by atomic mass is 32.2. The molecule has 0 bridgehead atoms. The van der Waals surface area contributed by atoms with E-state index >= 15 is 0 Å². The Bertz CT molecular complexity index is 1350. The van der Waals surface area contributed by atoms with E-state index in [1.165, 1.54) is 12.1 Å². The zero-order valence-electron chi connectivity index (χ0n) is 21.3. The van der Waals surface area contributed by atoms with Gasteiger partial charge < -0.3 is 10.6 Å². The number of rotatable bonds is 9. The van der Waals surface area contributed by atoms with Crippen LogP contribution in [0.4, 0.5) is 11.4 Å². The summed E-state index contributed by atoms with van der Waals surface area (Å²) in [5.74, 6) is -0.595. The summed E-state index contributed by atoms with van der Waals surface area (Å²) in [4.78, 5) is 26.0. The third-order valence-corrected chi connectivity index (χ3v) is 7.41. The number of aryl methyl sites for hydroxylation is 3. The van der Waals surface area contributed by atoms with Crippen molar-refractivity contribution in [3.63, 3.8) is 0 Å². The van der Waals surface area contributed by atoms with Crippen molar-refractivity contribution in [2.45, 2.75) is 39.5 Å². The molecule has 0 spiro atoms. The molecule has 0 aliphatic carbocycles. The van der Waals surface area contributed by atoms with Gasteiger partial charge in [-0.05, 0) is 62.6 Å². The topological polar surface area (TPSA) is 95.6 Å². The van der Waals surface area contributed by atoms with Crippen LogP contribution in [0.5, 0.6) is 0 Å². The maximum absolute atomic E-state index is 13.7. The van der Waals surface area contributed by atoms with Gasteiger partial charge in [0.1, 0.15) is 6.54 Å². The van der Waals surface area contributed by atoms with Gasteiger partial charge in [-0.2, -0.15) is 0 Å². The van der Waals surface area contributed by atoms with E-state index in [-0.39, 0.29) is 16.7 Å². The van der Waals surface area contributed by atoms with Gasteiger partial charge >= 0.3 is 0 Å². The zero-order chi connectivity index (χ0) is 26.5. The molecule has 3 rings (SSSR count). The number of nitrogens with one attached hydrogen (secondary N) is 2. The maximum atomic E-state index is 13.7. The standard InChI is InChI=1S/C28H33N3O4S/c1-19(2)17-29-28(33)24-8-6-7-9-25(24)30-27(32)18-31(26-15-12-21(4)16-22(26)5)36(34,35)23-13-10-20(3)11-14-23/h6-16,19H,17-18H2,1-5H3,(H,29,33)(H,30,32). The summed E-state index contributed by atoms with van der Waals surface area (Å²) in [6.07, 6.45) is 0.